The maximum absolute atomic E-state index is 13.2. The molecule has 1 N–H and O–H groups in total. The number of hydrogen-bond donors (Lipinski definition) is 1. The van der Waals surface area contributed by atoms with Crippen LogP contribution in [-0.2, 0) is 19.8 Å². The first-order chi connectivity index (χ1) is 14.2. The average molecular weight is 501 g/mol. The molecule has 0 amide bonds. The molecule has 0 radical (unpaired) electrons. The number of nitrogens with one attached hydrogen (secondary N) is 1. The normalized spacial score (nSPS) is 17.2. The maximum Gasteiger partial charge on any atom is 0.193 e. The highest BCUT2D eigenvalue weighted by Gasteiger charge is 2.44. The molecule has 3 atom stereocenters. The predicted octanol–water partition coefficient (Wildman–Crippen LogP) is 6.59. The van der Waals surface area contributed by atoms with Gasteiger partial charge in [-0.25, -0.2) is 8.93 Å². The lowest BCUT2D eigenvalue weighted by Gasteiger charge is -2.43. The fourth-order valence-electron chi connectivity index (χ4n) is 2.40. The van der Waals surface area contributed by atoms with Gasteiger partial charge < -0.3 is 8.85 Å². The smallest absolute Gasteiger partial charge is 0.193 e. The van der Waals surface area contributed by atoms with Crippen molar-refractivity contribution >= 4 is 27.6 Å². The van der Waals surface area contributed by atoms with E-state index in [-0.39, 0.29) is 22.2 Å². The van der Waals surface area contributed by atoms with Crippen LogP contribution in [0.25, 0.3) is 0 Å². The third-order valence-corrected chi connectivity index (χ3v) is 17.4. The number of nitrogens with zero attached hydrogens (tertiary/aromatic N) is 1. The minimum absolute atomic E-state index is 0.0358. The molecule has 8 heteroatoms. The Balaban J connectivity index is 3.43. The molecule has 0 aliphatic heterocycles. The van der Waals surface area contributed by atoms with E-state index in [0.29, 0.717) is 6.61 Å². The van der Waals surface area contributed by atoms with Crippen molar-refractivity contribution in [1.29, 1.82) is 0 Å². The largest absolute Gasteiger partial charge is 0.415 e. The quantitative estimate of drug-likeness (QED) is 0.389. The van der Waals surface area contributed by atoms with Crippen molar-refractivity contribution < 1.29 is 13.1 Å². The Kier molecular flexibility index (Phi) is 9.71. The monoisotopic (exact) mass is 500 g/mol. The second-order valence-corrected chi connectivity index (χ2v) is 24.3. The van der Waals surface area contributed by atoms with Gasteiger partial charge in [0.1, 0.15) is 6.10 Å². The number of rotatable bonds is 9. The van der Waals surface area contributed by atoms with Gasteiger partial charge in [0.25, 0.3) is 0 Å². The van der Waals surface area contributed by atoms with Gasteiger partial charge in [0, 0.05) is 6.20 Å². The third-order valence-electron chi connectivity index (χ3n) is 6.82. The SMILES string of the molecule is CC(C)(C)[S@@](=O)N[C@@H](CO[Si](C)(C)C(C)(C)C)C(O[Si](C)(C)C(C)(C)C)c1ccccn1. The highest BCUT2D eigenvalue weighted by atomic mass is 32.2. The Morgan fingerprint density at radius 3 is 1.88 bits per heavy atom. The maximum atomic E-state index is 13.2. The van der Waals surface area contributed by atoms with E-state index < -0.39 is 32.4 Å². The van der Waals surface area contributed by atoms with Crippen LogP contribution in [0.2, 0.25) is 36.3 Å². The Morgan fingerprint density at radius 2 is 1.47 bits per heavy atom. The van der Waals surface area contributed by atoms with Crippen molar-refractivity contribution in [2.45, 2.75) is 115 Å². The average Bonchev–Trinajstić information content (AvgIpc) is 2.61. The second kappa shape index (κ2) is 10.5. The van der Waals surface area contributed by atoms with Crippen LogP contribution < -0.4 is 4.72 Å². The van der Waals surface area contributed by atoms with Gasteiger partial charge in [-0.15, -0.1) is 0 Å². The summed E-state index contributed by atoms with van der Waals surface area (Å²) in [5.41, 5.74) is 0.847. The molecular weight excluding hydrogens is 453 g/mol. The van der Waals surface area contributed by atoms with Gasteiger partial charge in [-0.05, 0) is 69.2 Å². The molecule has 0 bridgehead atoms. The lowest BCUT2D eigenvalue weighted by atomic mass is 10.1. The summed E-state index contributed by atoms with van der Waals surface area (Å²) in [6, 6.07) is 5.61. The van der Waals surface area contributed by atoms with Crippen LogP contribution in [0.15, 0.2) is 24.4 Å². The van der Waals surface area contributed by atoms with Gasteiger partial charge in [0.2, 0.25) is 0 Å². The first-order valence-electron chi connectivity index (χ1n) is 11.6. The molecule has 1 heterocycles. The molecule has 0 fully saturated rings. The minimum atomic E-state index is -2.15. The van der Waals surface area contributed by atoms with Crippen molar-refractivity contribution in [3.8, 4) is 0 Å². The van der Waals surface area contributed by atoms with Crippen LogP contribution in [0.5, 0.6) is 0 Å². The molecule has 186 valence electrons. The van der Waals surface area contributed by atoms with E-state index in [1.54, 1.807) is 6.20 Å². The highest BCUT2D eigenvalue weighted by molar-refractivity contribution is 7.84. The molecular formula is C24H48N2O3SSi2. The lowest BCUT2D eigenvalue weighted by molar-refractivity contribution is 0.109. The Labute approximate surface area is 202 Å². The number of pyridine rings is 1. The molecule has 1 aromatic heterocycles. The van der Waals surface area contributed by atoms with Crippen LogP contribution in [0.4, 0.5) is 0 Å². The number of hydrogen-bond acceptors (Lipinski definition) is 4. The van der Waals surface area contributed by atoms with Crippen LogP contribution in [0.3, 0.4) is 0 Å². The molecule has 5 nitrogen and oxygen atoms in total. The molecule has 1 unspecified atom stereocenters. The van der Waals surface area contributed by atoms with Crippen LogP contribution in [0, 0.1) is 0 Å². The van der Waals surface area contributed by atoms with Crippen molar-refractivity contribution in [3.05, 3.63) is 30.1 Å². The molecule has 32 heavy (non-hydrogen) atoms. The minimum Gasteiger partial charge on any atom is -0.415 e. The van der Waals surface area contributed by atoms with Crippen LogP contribution in [0.1, 0.15) is 74.1 Å². The molecule has 0 saturated heterocycles. The van der Waals surface area contributed by atoms with E-state index in [0.717, 1.165) is 5.69 Å². The summed E-state index contributed by atoms with van der Waals surface area (Å²) in [7, 11) is -5.42. The standard InChI is InChI=1S/C24H48N2O3SSi2/c1-22(2,3)30(27)26-20(18-28-31(10,11)23(4,5)6)21(19-16-14-15-17-25-19)29-32(12,13)24(7,8)9/h14-17,20-21,26H,18H2,1-13H3/t20-,21?,30+/m0/s1. The fraction of sp³-hybridized carbons (Fsp3) is 0.792. The van der Waals surface area contributed by atoms with E-state index in [4.69, 9.17) is 8.85 Å². The first-order valence-corrected chi connectivity index (χ1v) is 18.6. The Morgan fingerprint density at radius 1 is 0.938 bits per heavy atom. The molecule has 1 rings (SSSR count). The summed E-state index contributed by atoms with van der Waals surface area (Å²) in [4.78, 5) is 4.64. The number of aromatic nitrogens is 1. The van der Waals surface area contributed by atoms with E-state index in [1.807, 2.05) is 39.0 Å². The Bertz CT molecular complexity index is 751. The van der Waals surface area contributed by atoms with Gasteiger partial charge in [-0.3, -0.25) is 4.98 Å². The molecule has 0 aliphatic rings. The summed E-state index contributed by atoms with van der Waals surface area (Å²) in [5, 5.41) is 0.121. The molecule has 0 aliphatic carbocycles. The highest BCUT2D eigenvalue weighted by Crippen LogP contribution is 2.41. The summed E-state index contributed by atoms with van der Waals surface area (Å²) in [6.45, 7) is 28.7. The van der Waals surface area contributed by atoms with Gasteiger partial charge in [-0.1, -0.05) is 47.6 Å². The van der Waals surface area contributed by atoms with Gasteiger partial charge >= 0.3 is 0 Å². The van der Waals surface area contributed by atoms with E-state index in [9.17, 15) is 4.21 Å². The van der Waals surface area contributed by atoms with Gasteiger partial charge in [0.05, 0.1) is 34.1 Å². The predicted molar refractivity (Wildman–Crippen MR) is 143 cm³/mol. The first kappa shape index (κ1) is 29.6. The fourth-order valence-corrected chi connectivity index (χ4v) is 5.52. The van der Waals surface area contributed by atoms with E-state index in [1.165, 1.54) is 0 Å². The zero-order chi connectivity index (χ0) is 25.2. The third kappa shape index (κ3) is 8.13. The second-order valence-electron chi connectivity index (χ2n) is 12.7. The molecule has 0 aromatic carbocycles. The van der Waals surface area contributed by atoms with Crippen molar-refractivity contribution in [1.82, 2.24) is 9.71 Å². The van der Waals surface area contributed by atoms with Crippen LogP contribution in [-0.4, -0.2) is 43.2 Å². The van der Waals surface area contributed by atoms with Gasteiger partial charge in [0.15, 0.2) is 16.6 Å². The molecule has 0 saturated carbocycles. The summed E-state index contributed by atoms with van der Waals surface area (Å²) >= 11 is 0. The zero-order valence-corrected chi connectivity index (χ0v) is 25.6. The van der Waals surface area contributed by atoms with Crippen molar-refractivity contribution in [2.24, 2.45) is 0 Å². The van der Waals surface area contributed by atoms with Crippen molar-refractivity contribution in [2.75, 3.05) is 6.61 Å². The zero-order valence-electron chi connectivity index (χ0n) is 22.8. The Hall–Kier alpha value is -0.386. The summed E-state index contributed by atoms with van der Waals surface area (Å²) < 4.78 is 29.7. The van der Waals surface area contributed by atoms with Gasteiger partial charge in [-0.2, -0.15) is 0 Å². The van der Waals surface area contributed by atoms with Crippen molar-refractivity contribution in [3.63, 3.8) is 0 Å². The lowest BCUT2D eigenvalue weighted by Crippen LogP contribution is -2.52. The summed E-state index contributed by atoms with van der Waals surface area (Å²) in [6.07, 6.45) is 1.44. The molecule has 1 aromatic rings. The summed E-state index contributed by atoms with van der Waals surface area (Å²) in [5.74, 6) is 0. The van der Waals surface area contributed by atoms with Crippen LogP contribution >= 0.6 is 0 Å². The van der Waals surface area contributed by atoms with E-state index in [2.05, 4.69) is 77.4 Å². The van der Waals surface area contributed by atoms with E-state index >= 15 is 0 Å². The topological polar surface area (TPSA) is 60.5 Å². The molecule has 0 spiro atoms.